The predicted octanol–water partition coefficient (Wildman–Crippen LogP) is 5.51. The monoisotopic (exact) mass is 208 g/mol. The number of unbranched alkanes of at least 4 members (excludes halogenated alkanes) is 4. The Labute approximate surface area is 96.5 Å². The second-order valence-electron chi connectivity index (χ2n) is 4.43. The van der Waals surface area contributed by atoms with Gasteiger partial charge in [0.25, 0.3) is 0 Å². The van der Waals surface area contributed by atoms with E-state index in [4.69, 9.17) is 0 Å². The fourth-order valence-electron chi connectivity index (χ4n) is 1.56. The van der Waals surface area contributed by atoms with Gasteiger partial charge in [0.1, 0.15) is 0 Å². The van der Waals surface area contributed by atoms with Crippen LogP contribution >= 0.6 is 0 Å². The summed E-state index contributed by atoms with van der Waals surface area (Å²) in [5, 5.41) is 0. The smallest absolute Gasteiger partial charge is 0.0194 e. The minimum atomic E-state index is 0.931. The molecule has 1 atom stereocenters. The van der Waals surface area contributed by atoms with E-state index in [1.165, 1.54) is 44.9 Å². The Morgan fingerprint density at radius 3 is 2.27 bits per heavy atom. The molecule has 0 nitrogen and oxygen atoms in total. The Balaban J connectivity index is 0.000000262. The second kappa shape index (κ2) is 10.0. The van der Waals surface area contributed by atoms with E-state index in [2.05, 4.69) is 33.4 Å². The van der Waals surface area contributed by atoms with Gasteiger partial charge >= 0.3 is 0 Å². The molecule has 0 saturated heterocycles. The van der Waals surface area contributed by atoms with Crippen molar-refractivity contribution in [3.05, 3.63) is 24.3 Å². The zero-order valence-corrected chi connectivity index (χ0v) is 10.9. The molecule has 0 N–H and O–H groups in total. The molecule has 0 aromatic heterocycles. The molecule has 0 heterocycles. The van der Waals surface area contributed by atoms with Crippen LogP contribution in [0.25, 0.3) is 0 Å². The molecule has 1 aliphatic rings. The first-order chi connectivity index (χ1) is 7.26. The van der Waals surface area contributed by atoms with Gasteiger partial charge in [-0.25, -0.2) is 0 Å². The third-order valence-corrected chi connectivity index (χ3v) is 2.74. The van der Waals surface area contributed by atoms with Gasteiger partial charge in [0.05, 0.1) is 0 Å². The van der Waals surface area contributed by atoms with Crippen molar-refractivity contribution in [1.29, 1.82) is 0 Å². The predicted molar refractivity (Wildman–Crippen MR) is 71.1 cm³/mol. The highest BCUT2D eigenvalue weighted by atomic mass is 14.3. The molecule has 0 amide bonds. The second-order valence-corrected chi connectivity index (χ2v) is 4.43. The molecular formula is C15H28. The summed E-state index contributed by atoms with van der Waals surface area (Å²) < 4.78 is 0. The first-order valence-electron chi connectivity index (χ1n) is 6.56. The van der Waals surface area contributed by atoms with E-state index >= 15 is 0 Å². The minimum absolute atomic E-state index is 0.931. The van der Waals surface area contributed by atoms with Crippen molar-refractivity contribution < 1.29 is 0 Å². The molecule has 1 fully saturated rings. The number of allylic oxidation sites excluding steroid dienone is 3. The Kier molecular flexibility index (Phi) is 9.67. The zero-order valence-electron chi connectivity index (χ0n) is 10.9. The van der Waals surface area contributed by atoms with Gasteiger partial charge in [-0.3, -0.25) is 0 Å². The van der Waals surface area contributed by atoms with E-state index in [1.54, 1.807) is 5.57 Å². The van der Waals surface area contributed by atoms with E-state index < -0.39 is 0 Å². The van der Waals surface area contributed by atoms with Crippen molar-refractivity contribution in [2.75, 3.05) is 0 Å². The number of rotatable bonds is 6. The molecule has 15 heavy (non-hydrogen) atoms. The van der Waals surface area contributed by atoms with Gasteiger partial charge in [0.2, 0.25) is 0 Å². The maximum absolute atomic E-state index is 3.66. The van der Waals surface area contributed by atoms with Gasteiger partial charge in [-0.1, -0.05) is 57.8 Å². The van der Waals surface area contributed by atoms with Crippen molar-refractivity contribution in [1.82, 2.24) is 0 Å². The molecule has 0 aliphatic heterocycles. The van der Waals surface area contributed by atoms with Gasteiger partial charge in [0, 0.05) is 0 Å². The Morgan fingerprint density at radius 1 is 1.27 bits per heavy atom. The van der Waals surface area contributed by atoms with Crippen LogP contribution in [0.4, 0.5) is 0 Å². The van der Waals surface area contributed by atoms with Crippen LogP contribution in [0.3, 0.4) is 0 Å². The Bertz CT molecular complexity index is 176. The molecular weight excluding hydrogens is 180 g/mol. The van der Waals surface area contributed by atoms with Gasteiger partial charge < -0.3 is 0 Å². The zero-order chi connectivity index (χ0) is 11.5. The summed E-state index contributed by atoms with van der Waals surface area (Å²) in [5.41, 5.74) is 1.67. The van der Waals surface area contributed by atoms with Gasteiger partial charge in [-0.2, -0.15) is 0 Å². The van der Waals surface area contributed by atoms with E-state index in [-0.39, 0.29) is 0 Å². The summed E-state index contributed by atoms with van der Waals surface area (Å²) in [6.07, 6.45) is 13.5. The van der Waals surface area contributed by atoms with Crippen LogP contribution in [0, 0.1) is 5.92 Å². The van der Waals surface area contributed by atoms with Crippen molar-refractivity contribution in [2.24, 2.45) is 5.92 Å². The lowest BCUT2D eigenvalue weighted by Gasteiger charge is -1.91. The third-order valence-electron chi connectivity index (χ3n) is 2.74. The topological polar surface area (TPSA) is 0 Å². The van der Waals surface area contributed by atoms with E-state index in [0.29, 0.717) is 0 Å². The van der Waals surface area contributed by atoms with E-state index in [1.807, 2.05) is 6.08 Å². The molecule has 0 bridgehead atoms. The molecule has 0 aromatic carbocycles. The molecule has 0 radical (unpaired) electrons. The summed E-state index contributed by atoms with van der Waals surface area (Å²) in [6.45, 7) is 10.4. The normalized spacial score (nSPS) is 20.7. The molecule has 0 spiro atoms. The van der Waals surface area contributed by atoms with E-state index in [9.17, 15) is 0 Å². The highest BCUT2D eigenvalue weighted by molar-refractivity contribution is 5.21. The van der Waals surface area contributed by atoms with Crippen molar-refractivity contribution in [3.63, 3.8) is 0 Å². The van der Waals surface area contributed by atoms with Gasteiger partial charge in [0.15, 0.2) is 0 Å². The Hall–Kier alpha value is -0.520. The van der Waals surface area contributed by atoms with Crippen LogP contribution in [-0.2, 0) is 0 Å². The SMILES string of the molecule is C=CCCCCCC.CCC=C1CC1C. The van der Waals surface area contributed by atoms with Gasteiger partial charge in [-0.15, -0.1) is 6.58 Å². The average molecular weight is 208 g/mol. The molecule has 88 valence electrons. The summed E-state index contributed by atoms with van der Waals surface area (Å²) >= 11 is 0. The van der Waals surface area contributed by atoms with Crippen LogP contribution in [0.15, 0.2) is 24.3 Å². The molecule has 0 aromatic rings. The summed E-state index contributed by atoms with van der Waals surface area (Å²) in [5.74, 6) is 0.931. The lowest BCUT2D eigenvalue weighted by molar-refractivity contribution is 0.675. The van der Waals surface area contributed by atoms with Crippen molar-refractivity contribution in [3.8, 4) is 0 Å². The molecule has 0 heteroatoms. The quantitative estimate of drug-likeness (QED) is 0.399. The Morgan fingerprint density at radius 2 is 1.93 bits per heavy atom. The minimum Gasteiger partial charge on any atom is -0.103 e. The molecule has 1 unspecified atom stereocenters. The van der Waals surface area contributed by atoms with Crippen LogP contribution in [-0.4, -0.2) is 0 Å². The van der Waals surface area contributed by atoms with Crippen LogP contribution in [0.2, 0.25) is 0 Å². The maximum Gasteiger partial charge on any atom is -0.0194 e. The van der Waals surface area contributed by atoms with Crippen molar-refractivity contribution in [2.45, 2.75) is 65.7 Å². The molecule has 1 saturated carbocycles. The largest absolute Gasteiger partial charge is 0.103 e. The van der Waals surface area contributed by atoms with E-state index in [0.717, 1.165) is 5.92 Å². The molecule has 1 rings (SSSR count). The first-order valence-corrected chi connectivity index (χ1v) is 6.56. The standard InChI is InChI=1S/C8H16.C7H12/c1-3-5-7-8-6-4-2;1-3-4-7-5-6(7)2/h3H,1,4-8H2,2H3;4,6H,3,5H2,1-2H3. The third kappa shape index (κ3) is 9.78. The lowest BCUT2D eigenvalue weighted by atomic mass is 10.2. The van der Waals surface area contributed by atoms with Crippen molar-refractivity contribution >= 4 is 0 Å². The summed E-state index contributed by atoms with van der Waals surface area (Å²) in [7, 11) is 0. The van der Waals surface area contributed by atoms with Crippen LogP contribution in [0.1, 0.15) is 65.7 Å². The maximum atomic E-state index is 3.66. The molecule has 1 aliphatic carbocycles. The fraction of sp³-hybridized carbons (Fsp3) is 0.733. The average Bonchev–Trinajstić information content (AvgIpc) is 2.91. The number of hydrogen-bond donors (Lipinski definition) is 0. The van der Waals surface area contributed by atoms with Crippen LogP contribution < -0.4 is 0 Å². The summed E-state index contributed by atoms with van der Waals surface area (Å²) in [4.78, 5) is 0. The highest BCUT2D eigenvalue weighted by Gasteiger charge is 2.22. The van der Waals surface area contributed by atoms with Crippen LogP contribution in [0.5, 0.6) is 0 Å². The van der Waals surface area contributed by atoms with Gasteiger partial charge in [-0.05, 0) is 31.6 Å². The first kappa shape index (κ1) is 14.5. The fourth-order valence-corrected chi connectivity index (χ4v) is 1.56. The highest BCUT2D eigenvalue weighted by Crippen LogP contribution is 2.36. The number of hydrogen-bond acceptors (Lipinski definition) is 0. The lowest BCUT2D eigenvalue weighted by Crippen LogP contribution is -1.71. The summed E-state index contributed by atoms with van der Waals surface area (Å²) in [6, 6.07) is 0.